The minimum Gasteiger partial charge on any atom is -0.462 e. The summed E-state index contributed by atoms with van der Waals surface area (Å²) in [6.07, 6.45) is 36.8. The number of aliphatic hydroxyl groups is 2. The van der Waals surface area contributed by atoms with E-state index in [0.717, 1.165) is 57.8 Å². The average molecular weight is 759 g/mol. The zero-order valence-corrected chi connectivity index (χ0v) is 33.7. The van der Waals surface area contributed by atoms with Gasteiger partial charge in [0.2, 0.25) is 0 Å². The number of allylic oxidation sites excluding steroid dienone is 6. The molecule has 0 amide bonds. The number of carbonyl (C=O) groups is 2. The van der Waals surface area contributed by atoms with E-state index in [1.54, 1.807) is 0 Å². The molecular weight excluding hydrogens is 683 g/mol. The van der Waals surface area contributed by atoms with E-state index < -0.39 is 51.8 Å². The van der Waals surface area contributed by atoms with Crippen LogP contribution in [0.1, 0.15) is 174 Å². The molecule has 3 atom stereocenters. The van der Waals surface area contributed by atoms with Crippen LogP contribution < -0.4 is 0 Å². The molecule has 10 nitrogen and oxygen atoms in total. The Morgan fingerprint density at radius 1 is 0.577 bits per heavy atom. The molecule has 0 aromatic rings. The fourth-order valence-corrected chi connectivity index (χ4v) is 6.14. The van der Waals surface area contributed by atoms with Crippen molar-refractivity contribution >= 4 is 19.8 Å². The highest BCUT2D eigenvalue weighted by atomic mass is 31.2. The molecule has 3 N–H and O–H groups in total. The van der Waals surface area contributed by atoms with Gasteiger partial charge in [0, 0.05) is 12.8 Å². The van der Waals surface area contributed by atoms with E-state index in [4.69, 9.17) is 19.1 Å². The summed E-state index contributed by atoms with van der Waals surface area (Å²) in [5.41, 5.74) is 0. The Morgan fingerprint density at radius 3 is 1.54 bits per heavy atom. The van der Waals surface area contributed by atoms with Gasteiger partial charge in [-0.15, -0.1) is 0 Å². The Bertz CT molecular complexity index is 967. The van der Waals surface area contributed by atoms with Crippen molar-refractivity contribution in [2.45, 2.75) is 187 Å². The second kappa shape index (κ2) is 37.5. The molecule has 0 radical (unpaired) electrons. The lowest BCUT2D eigenvalue weighted by atomic mass is 10.0. The molecule has 0 spiro atoms. The average Bonchev–Trinajstić information content (AvgIpc) is 3.13. The highest BCUT2D eigenvalue weighted by Gasteiger charge is 2.27. The lowest BCUT2D eigenvalue weighted by Gasteiger charge is -2.20. The number of rotatable bonds is 38. The van der Waals surface area contributed by atoms with Crippen molar-refractivity contribution in [1.29, 1.82) is 0 Å². The van der Waals surface area contributed by atoms with Crippen LogP contribution >= 0.6 is 7.82 Å². The van der Waals surface area contributed by atoms with Crippen molar-refractivity contribution in [3.05, 3.63) is 36.5 Å². The Balaban J connectivity index is 4.36. The molecule has 1 unspecified atom stereocenters. The molecule has 304 valence electrons. The van der Waals surface area contributed by atoms with Gasteiger partial charge in [0.1, 0.15) is 12.7 Å². The molecular formula is C41H75O10P. The topological polar surface area (TPSA) is 149 Å². The number of aliphatic hydroxyl groups excluding tert-OH is 2. The van der Waals surface area contributed by atoms with E-state index in [9.17, 15) is 24.2 Å². The molecule has 0 aromatic carbocycles. The quantitative estimate of drug-likeness (QED) is 0.0240. The third-order valence-corrected chi connectivity index (χ3v) is 9.50. The van der Waals surface area contributed by atoms with Crippen LogP contribution in [-0.2, 0) is 32.7 Å². The molecule has 0 saturated heterocycles. The summed E-state index contributed by atoms with van der Waals surface area (Å²) in [4.78, 5) is 34.9. The van der Waals surface area contributed by atoms with E-state index in [0.29, 0.717) is 12.8 Å². The zero-order valence-electron chi connectivity index (χ0n) is 32.8. The fraction of sp³-hybridized carbons (Fsp3) is 0.805. The van der Waals surface area contributed by atoms with Crippen molar-refractivity contribution in [1.82, 2.24) is 0 Å². The minimum absolute atomic E-state index is 0.181. The summed E-state index contributed by atoms with van der Waals surface area (Å²) in [5.74, 6) is -0.949. The maximum absolute atomic E-state index is 12.6. The second-order valence-electron chi connectivity index (χ2n) is 13.7. The molecule has 0 aromatic heterocycles. The highest BCUT2D eigenvalue weighted by molar-refractivity contribution is 7.47. The smallest absolute Gasteiger partial charge is 0.462 e. The summed E-state index contributed by atoms with van der Waals surface area (Å²) < 4.78 is 32.6. The molecule has 52 heavy (non-hydrogen) atoms. The van der Waals surface area contributed by atoms with Gasteiger partial charge in [0.15, 0.2) is 6.10 Å². The second-order valence-corrected chi connectivity index (χ2v) is 15.1. The SMILES string of the molecule is CCCCC/C=C/C/C=C/C/C=C/CCCCCCC(=O)OC[C@@H](COP(=O)(O)OC[C@H](O)CO)OC(=O)CCCCCCCCCCCCCC. The molecule has 0 fully saturated rings. The number of phosphoric ester groups is 1. The number of unbranched alkanes of at least 4 members (excludes halogenated alkanes) is 18. The van der Waals surface area contributed by atoms with Crippen LogP contribution in [0, 0.1) is 0 Å². The zero-order chi connectivity index (χ0) is 38.4. The molecule has 11 heteroatoms. The van der Waals surface area contributed by atoms with Crippen LogP contribution in [0.15, 0.2) is 36.5 Å². The van der Waals surface area contributed by atoms with E-state index in [-0.39, 0.29) is 19.4 Å². The predicted molar refractivity (Wildman–Crippen MR) is 210 cm³/mol. The van der Waals surface area contributed by atoms with E-state index in [1.165, 1.54) is 77.0 Å². The van der Waals surface area contributed by atoms with Crippen LogP contribution in [0.5, 0.6) is 0 Å². The van der Waals surface area contributed by atoms with Crippen LogP contribution in [0.4, 0.5) is 0 Å². The van der Waals surface area contributed by atoms with Crippen molar-refractivity contribution in [3.63, 3.8) is 0 Å². The van der Waals surface area contributed by atoms with Gasteiger partial charge in [-0.25, -0.2) is 4.57 Å². The first-order valence-corrected chi connectivity index (χ1v) is 21.9. The van der Waals surface area contributed by atoms with E-state index >= 15 is 0 Å². The fourth-order valence-electron chi connectivity index (χ4n) is 5.35. The summed E-state index contributed by atoms with van der Waals surface area (Å²) in [7, 11) is -4.62. The molecule has 0 aliphatic carbocycles. The van der Waals surface area contributed by atoms with Gasteiger partial charge in [-0.3, -0.25) is 18.6 Å². The van der Waals surface area contributed by atoms with Gasteiger partial charge in [-0.2, -0.15) is 0 Å². The first-order valence-electron chi connectivity index (χ1n) is 20.4. The standard InChI is InChI=1S/C41H75O10P/c1-3-5-7-9-11-13-15-17-18-19-20-21-23-24-26-28-30-32-40(44)48-36-39(37-50-52(46,47)49-35-38(43)34-42)51-41(45)33-31-29-27-25-22-16-14-12-10-8-6-4-2/h11,13,17-18,20-21,38-39,42-43H,3-10,12,14-16,19,22-37H2,1-2H3,(H,46,47)/b13-11+,18-17+,21-20+/t38-,39+/m1/s1. The van der Waals surface area contributed by atoms with Crippen molar-refractivity contribution in [2.24, 2.45) is 0 Å². The van der Waals surface area contributed by atoms with Gasteiger partial charge in [-0.1, -0.05) is 147 Å². The van der Waals surface area contributed by atoms with Gasteiger partial charge in [-0.05, 0) is 51.4 Å². The maximum Gasteiger partial charge on any atom is 0.472 e. The number of esters is 2. The molecule has 0 aliphatic heterocycles. The summed E-state index contributed by atoms with van der Waals surface area (Å²) >= 11 is 0. The van der Waals surface area contributed by atoms with Gasteiger partial charge in [0.05, 0.1) is 19.8 Å². The number of hydrogen-bond donors (Lipinski definition) is 3. The monoisotopic (exact) mass is 759 g/mol. The number of ether oxygens (including phenoxy) is 2. The van der Waals surface area contributed by atoms with Crippen molar-refractivity contribution in [3.8, 4) is 0 Å². The van der Waals surface area contributed by atoms with Crippen molar-refractivity contribution < 1.29 is 47.8 Å². The molecule has 0 aliphatic rings. The maximum atomic E-state index is 12.6. The first-order chi connectivity index (χ1) is 25.2. The third kappa shape index (κ3) is 36.5. The Kier molecular flexibility index (Phi) is 36.2. The van der Waals surface area contributed by atoms with Crippen LogP contribution in [-0.4, -0.2) is 65.7 Å². The largest absolute Gasteiger partial charge is 0.472 e. The van der Waals surface area contributed by atoms with E-state index in [2.05, 4.69) is 54.8 Å². The van der Waals surface area contributed by atoms with E-state index in [1.807, 2.05) is 0 Å². The first kappa shape index (κ1) is 50.2. The number of hydrogen-bond acceptors (Lipinski definition) is 9. The Morgan fingerprint density at radius 2 is 1.00 bits per heavy atom. The summed E-state index contributed by atoms with van der Waals surface area (Å²) in [6.45, 7) is 2.32. The van der Waals surface area contributed by atoms with Gasteiger partial charge < -0.3 is 24.6 Å². The Labute approximate surface area is 316 Å². The number of carbonyl (C=O) groups excluding carboxylic acids is 2. The highest BCUT2D eigenvalue weighted by Crippen LogP contribution is 2.43. The third-order valence-electron chi connectivity index (χ3n) is 8.55. The minimum atomic E-state index is -4.62. The summed E-state index contributed by atoms with van der Waals surface area (Å²) in [5, 5.41) is 18.3. The number of phosphoric acid groups is 1. The van der Waals surface area contributed by atoms with Gasteiger partial charge >= 0.3 is 19.8 Å². The van der Waals surface area contributed by atoms with Crippen LogP contribution in [0.2, 0.25) is 0 Å². The Hall–Kier alpha value is -1.81. The normalized spacial score (nSPS) is 14.3. The molecule has 0 heterocycles. The predicted octanol–water partition coefficient (Wildman–Crippen LogP) is 10.4. The molecule has 0 bridgehead atoms. The lowest BCUT2D eigenvalue weighted by Crippen LogP contribution is -2.29. The van der Waals surface area contributed by atoms with Crippen LogP contribution in [0.3, 0.4) is 0 Å². The lowest BCUT2D eigenvalue weighted by molar-refractivity contribution is -0.161. The molecule has 0 saturated carbocycles. The van der Waals surface area contributed by atoms with Crippen LogP contribution in [0.25, 0.3) is 0 Å². The van der Waals surface area contributed by atoms with Crippen molar-refractivity contribution in [2.75, 3.05) is 26.4 Å². The summed E-state index contributed by atoms with van der Waals surface area (Å²) in [6, 6.07) is 0. The molecule has 0 rings (SSSR count). The van der Waals surface area contributed by atoms with Gasteiger partial charge in [0.25, 0.3) is 0 Å².